The van der Waals surface area contributed by atoms with Crippen LogP contribution in [-0.4, -0.2) is 34.8 Å². The lowest BCUT2D eigenvalue weighted by Gasteiger charge is -2.32. The van der Waals surface area contributed by atoms with Gasteiger partial charge in [-0.15, -0.1) is 10.2 Å². The van der Waals surface area contributed by atoms with Crippen molar-refractivity contribution in [1.82, 2.24) is 15.1 Å². The van der Waals surface area contributed by atoms with Crippen molar-refractivity contribution in [3.05, 3.63) is 47.4 Å². The second-order valence-corrected chi connectivity index (χ2v) is 5.95. The molecule has 2 aliphatic rings. The molecular weight excluding hydrogens is 285 g/mol. The highest BCUT2D eigenvalue weighted by Crippen LogP contribution is 2.39. The Morgan fingerprint density at radius 3 is 2.77 bits per heavy atom. The van der Waals surface area contributed by atoms with E-state index in [0.717, 1.165) is 37.4 Å². The molecule has 1 saturated carbocycles. The van der Waals surface area contributed by atoms with Crippen LogP contribution in [0.1, 0.15) is 42.2 Å². The van der Waals surface area contributed by atoms with Crippen LogP contribution in [0.15, 0.2) is 28.7 Å². The third-order valence-electron chi connectivity index (χ3n) is 4.16. The van der Waals surface area contributed by atoms with Gasteiger partial charge in [-0.3, -0.25) is 4.90 Å². The number of rotatable bonds is 4. The summed E-state index contributed by atoms with van der Waals surface area (Å²) in [6.07, 6.45) is 2.28. The summed E-state index contributed by atoms with van der Waals surface area (Å²) in [4.78, 5) is 2.24. The molecule has 0 bridgehead atoms. The molecule has 2 fully saturated rings. The predicted octanol–water partition coefficient (Wildman–Crippen LogP) is 2.66. The highest BCUT2D eigenvalue weighted by atomic mass is 19.1. The quantitative estimate of drug-likeness (QED) is 0.869. The Bertz CT molecular complexity index is 639. The molecule has 2 heterocycles. The van der Waals surface area contributed by atoms with E-state index in [-0.39, 0.29) is 11.9 Å². The molecule has 22 heavy (non-hydrogen) atoms. The Morgan fingerprint density at radius 2 is 2.00 bits per heavy atom. The zero-order valence-corrected chi connectivity index (χ0v) is 12.2. The first-order valence-corrected chi connectivity index (χ1v) is 7.69. The Hall–Kier alpha value is -1.79. The molecule has 116 valence electrons. The van der Waals surface area contributed by atoms with E-state index in [1.165, 1.54) is 12.1 Å². The predicted molar refractivity (Wildman–Crippen MR) is 76.6 cm³/mol. The van der Waals surface area contributed by atoms with E-state index < -0.39 is 0 Å². The van der Waals surface area contributed by atoms with Crippen LogP contribution in [-0.2, 0) is 11.3 Å². The minimum atomic E-state index is -0.227. The van der Waals surface area contributed by atoms with Crippen LogP contribution >= 0.6 is 0 Å². The van der Waals surface area contributed by atoms with Crippen molar-refractivity contribution >= 4 is 0 Å². The third-order valence-corrected chi connectivity index (χ3v) is 4.16. The molecule has 1 aromatic heterocycles. The monoisotopic (exact) mass is 303 g/mol. The number of halogens is 1. The number of ether oxygens (including phenoxy) is 1. The van der Waals surface area contributed by atoms with Crippen molar-refractivity contribution in [2.24, 2.45) is 0 Å². The van der Waals surface area contributed by atoms with Crippen molar-refractivity contribution in [3.63, 3.8) is 0 Å². The van der Waals surface area contributed by atoms with Crippen LogP contribution in [0, 0.1) is 5.82 Å². The minimum absolute atomic E-state index is 0.0415. The molecule has 0 radical (unpaired) electrons. The fourth-order valence-electron chi connectivity index (χ4n) is 2.74. The molecule has 0 amide bonds. The van der Waals surface area contributed by atoms with E-state index in [1.54, 1.807) is 12.1 Å². The third kappa shape index (κ3) is 3.03. The smallest absolute Gasteiger partial charge is 0.230 e. The second kappa shape index (κ2) is 5.78. The highest BCUT2D eigenvalue weighted by molar-refractivity contribution is 5.19. The summed E-state index contributed by atoms with van der Waals surface area (Å²) in [5.74, 6) is 1.70. The molecule has 2 aromatic rings. The number of nitrogens with zero attached hydrogens (tertiary/aromatic N) is 3. The summed E-state index contributed by atoms with van der Waals surface area (Å²) in [6.45, 7) is 2.86. The van der Waals surface area contributed by atoms with Gasteiger partial charge in [-0.25, -0.2) is 4.39 Å². The normalized spacial score (nSPS) is 22.9. The molecule has 0 N–H and O–H groups in total. The number of morpholine rings is 1. The summed E-state index contributed by atoms with van der Waals surface area (Å²) in [5.41, 5.74) is 0.996. The summed E-state index contributed by atoms with van der Waals surface area (Å²) < 4.78 is 24.5. The molecule has 1 atom stereocenters. The SMILES string of the molecule is Fc1ccc(C2CN(Cc3nnc(C4CC4)o3)CCO2)cc1. The lowest BCUT2D eigenvalue weighted by Crippen LogP contribution is -2.37. The van der Waals surface area contributed by atoms with Crippen LogP contribution in [0.25, 0.3) is 0 Å². The first-order chi connectivity index (χ1) is 10.8. The van der Waals surface area contributed by atoms with Crippen LogP contribution in [0.5, 0.6) is 0 Å². The molecule has 4 rings (SSSR count). The van der Waals surface area contributed by atoms with E-state index in [4.69, 9.17) is 9.15 Å². The maximum absolute atomic E-state index is 13.0. The van der Waals surface area contributed by atoms with Crippen molar-refractivity contribution in [3.8, 4) is 0 Å². The topological polar surface area (TPSA) is 51.4 Å². The zero-order chi connectivity index (χ0) is 14.9. The molecular formula is C16H18FN3O2. The summed E-state index contributed by atoms with van der Waals surface area (Å²) in [7, 11) is 0. The van der Waals surface area contributed by atoms with Crippen molar-refractivity contribution in [2.75, 3.05) is 19.7 Å². The van der Waals surface area contributed by atoms with Gasteiger partial charge in [0.2, 0.25) is 11.8 Å². The van der Waals surface area contributed by atoms with Crippen molar-refractivity contribution in [1.29, 1.82) is 0 Å². The van der Waals surface area contributed by atoms with Gasteiger partial charge in [0.25, 0.3) is 0 Å². The highest BCUT2D eigenvalue weighted by Gasteiger charge is 2.30. The Morgan fingerprint density at radius 1 is 1.18 bits per heavy atom. The first kappa shape index (κ1) is 13.8. The standard InChI is InChI=1S/C16H18FN3O2/c17-13-5-3-11(4-6-13)14-9-20(7-8-21-14)10-15-18-19-16(22-15)12-1-2-12/h3-6,12,14H,1-2,7-10H2. The molecule has 1 aliphatic carbocycles. The minimum Gasteiger partial charge on any atom is -0.424 e. The molecule has 1 aliphatic heterocycles. The molecule has 0 spiro atoms. The van der Waals surface area contributed by atoms with Gasteiger partial charge in [-0.05, 0) is 30.5 Å². The van der Waals surface area contributed by atoms with Crippen LogP contribution in [0.2, 0.25) is 0 Å². The Kier molecular flexibility index (Phi) is 3.63. The molecule has 1 aromatic carbocycles. The maximum atomic E-state index is 13.0. The van der Waals surface area contributed by atoms with Gasteiger partial charge < -0.3 is 9.15 Å². The average Bonchev–Trinajstić information content (AvgIpc) is 3.29. The van der Waals surface area contributed by atoms with Gasteiger partial charge in [0, 0.05) is 19.0 Å². The fraction of sp³-hybridized carbons (Fsp3) is 0.500. The average molecular weight is 303 g/mol. The fourth-order valence-corrected chi connectivity index (χ4v) is 2.74. The van der Waals surface area contributed by atoms with E-state index in [0.29, 0.717) is 25.0 Å². The molecule has 5 nitrogen and oxygen atoms in total. The van der Waals surface area contributed by atoms with E-state index in [2.05, 4.69) is 15.1 Å². The summed E-state index contributed by atoms with van der Waals surface area (Å²) in [5, 5.41) is 8.25. The van der Waals surface area contributed by atoms with Gasteiger partial charge in [-0.2, -0.15) is 0 Å². The van der Waals surface area contributed by atoms with Crippen LogP contribution in [0.4, 0.5) is 4.39 Å². The largest absolute Gasteiger partial charge is 0.424 e. The van der Waals surface area contributed by atoms with Crippen molar-refractivity contribution < 1.29 is 13.5 Å². The number of benzene rings is 1. The number of hydrogen-bond donors (Lipinski definition) is 0. The van der Waals surface area contributed by atoms with E-state index >= 15 is 0 Å². The summed E-state index contributed by atoms with van der Waals surface area (Å²) >= 11 is 0. The Labute approximate surface area is 128 Å². The second-order valence-electron chi connectivity index (χ2n) is 5.95. The number of hydrogen-bond acceptors (Lipinski definition) is 5. The Balaban J connectivity index is 1.40. The lowest BCUT2D eigenvalue weighted by molar-refractivity contribution is -0.0352. The van der Waals surface area contributed by atoms with E-state index in [1.807, 2.05) is 0 Å². The number of aromatic nitrogens is 2. The van der Waals surface area contributed by atoms with Gasteiger partial charge in [0.15, 0.2) is 0 Å². The first-order valence-electron chi connectivity index (χ1n) is 7.69. The zero-order valence-electron chi connectivity index (χ0n) is 12.2. The van der Waals surface area contributed by atoms with E-state index in [9.17, 15) is 4.39 Å². The molecule has 1 saturated heterocycles. The lowest BCUT2D eigenvalue weighted by atomic mass is 10.1. The van der Waals surface area contributed by atoms with Gasteiger partial charge in [0.05, 0.1) is 19.3 Å². The molecule has 6 heteroatoms. The van der Waals surface area contributed by atoms with Gasteiger partial charge in [0.1, 0.15) is 5.82 Å². The molecule has 1 unspecified atom stereocenters. The summed E-state index contributed by atoms with van der Waals surface area (Å²) in [6, 6.07) is 6.50. The van der Waals surface area contributed by atoms with Crippen molar-refractivity contribution in [2.45, 2.75) is 31.4 Å². The van der Waals surface area contributed by atoms with Crippen LogP contribution in [0.3, 0.4) is 0 Å². The van der Waals surface area contributed by atoms with Gasteiger partial charge in [-0.1, -0.05) is 12.1 Å². The van der Waals surface area contributed by atoms with Gasteiger partial charge >= 0.3 is 0 Å². The maximum Gasteiger partial charge on any atom is 0.230 e. The van der Waals surface area contributed by atoms with Crippen LogP contribution < -0.4 is 0 Å².